The molecule has 0 heterocycles. The lowest BCUT2D eigenvalue weighted by Crippen LogP contribution is -2.13. The summed E-state index contributed by atoms with van der Waals surface area (Å²) in [4.78, 5) is 4.91. The molecule has 0 aromatic heterocycles. The molecule has 0 aliphatic carbocycles. The Labute approximate surface area is 310 Å². The molecule has 0 aliphatic heterocycles. The van der Waals surface area contributed by atoms with Gasteiger partial charge < -0.3 is 5.73 Å². The molecular weight excluding hydrogens is 643 g/mol. The second-order valence-corrected chi connectivity index (χ2v) is 13.3. The summed E-state index contributed by atoms with van der Waals surface area (Å²) in [5.74, 6) is 0.594. The molecule has 0 radical (unpaired) electrons. The van der Waals surface area contributed by atoms with Crippen LogP contribution in [0.4, 0.5) is 0 Å². The van der Waals surface area contributed by atoms with Gasteiger partial charge in [-0.1, -0.05) is 171 Å². The van der Waals surface area contributed by atoms with Crippen LogP contribution in [0.1, 0.15) is 35.1 Å². The topological polar surface area (TPSA) is 62.2 Å². The van der Waals surface area contributed by atoms with E-state index in [9.17, 15) is 5.26 Å². The Morgan fingerprint density at radius 1 is 0.547 bits per heavy atom. The summed E-state index contributed by atoms with van der Waals surface area (Å²) in [5, 5.41) is 14.2. The average Bonchev–Trinajstić information content (AvgIpc) is 3.23. The number of hydrogen-bond acceptors (Lipinski definition) is 2. The Kier molecular flexibility index (Phi) is 9.18. The summed E-state index contributed by atoms with van der Waals surface area (Å²) in [6, 6.07) is 65.4. The van der Waals surface area contributed by atoms with Gasteiger partial charge in [0, 0.05) is 11.5 Å². The largest absolute Gasteiger partial charge is 0.383 e. The first-order chi connectivity index (χ1) is 26.1. The van der Waals surface area contributed by atoms with Crippen molar-refractivity contribution in [2.75, 3.05) is 0 Å². The number of allylic oxidation sites excluding steroid dienone is 1. The third-order valence-electron chi connectivity index (χ3n) is 9.96. The van der Waals surface area contributed by atoms with Crippen LogP contribution in [-0.4, -0.2) is 5.84 Å². The van der Waals surface area contributed by atoms with Crippen molar-refractivity contribution < 1.29 is 0 Å². The van der Waals surface area contributed by atoms with E-state index in [1.54, 1.807) is 0 Å². The zero-order valence-electron chi connectivity index (χ0n) is 29.4. The second kappa shape index (κ2) is 14.7. The number of benzene rings is 8. The molecule has 1 atom stereocenters. The van der Waals surface area contributed by atoms with Gasteiger partial charge in [0.15, 0.2) is 0 Å². The number of nitrogens with two attached hydrogens (primary N) is 1. The summed E-state index contributed by atoms with van der Waals surface area (Å²) < 4.78 is 0. The minimum Gasteiger partial charge on any atom is -0.383 e. The van der Waals surface area contributed by atoms with E-state index in [1.165, 1.54) is 43.8 Å². The molecule has 2 N–H and O–H groups in total. The van der Waals surface area contributed by atoms with Gasteiger partial charge in [-0.25, -0.2) is 4.99 Å². The Hall–Kier alpha value is -7.02. The number of hydrogen-bond donors (Lipinski definition) is 1. The molecule has 0 saturated carbocycles. The normalized spacial score (nSPS) is 12.5. The number of fused-ring (bicyclic) bond motifs is 2. The second-order valence-electron chi connectivity index (χ2n) is 13.3. The summed E-state index contributed by atoms with van der Waals surface area (Å²) in [6.07, 6.45) is 2.19. The Bertz CT molecular complexity index is 2670. The first kappa shape index (κ1) is 33.1. The Morgan fingerprint density at radius 3 is 1.75 bits per heavy atom. The van der Waals surface area contributed by atoms with Crippen molar-refractivity contribution in [2.24, 2.45) is 10.7 Å². The van der Waals surface area contributed by atoms with Crippen LogP contribution in [0.2, 0.25) is 0 Å². The lowest BCUT2D eigenvalue weighted by atomic mass is 9.89. The van der Waals surface area contributed by atoms with Gasteiger partial charge in [0.25, 0.3) is 0 Å². The van der Waals surface area contributed by atoms with Crippen LogP contribution < -0.4 is 5.73 Å². The Morgan fingerprint density at radius 2 is 1.09 bits per heavy atom. The molecule has 0 amide bonds. The maximum atomic E-state index is 9.38. The van der Waals surface area contributed by atoms with E-state index in [-0.39, 0.29) is 5.92 Å². The van der Waals surface area contributed by atoms with Gasteiger partial charge in [-0.2, -0.15) is 5.26 Å². The summed E-state index contributed by atoms with van der Waals surface area (Å²) >= 11 is 0. The summed E-state index contributed by atoms with van der Waals surface area (Å²) in [6.45, 7) is 2.20. The lowest BCUT2D eigenvalue weighted by molar-refractivity contribution is 0.967. The third kappa shape index (κ3) is 6.87. The quantitative estimate of drug-likeness (QED) is 0.128. The maximum absolute atomic E-state index is 9.38. The van der Waals surface area contributed by atoms with Gasteiger partial charge >= 0.3 is 0 Å². The van der Waals surface area contributed by atoms with Crippen LogP contribution in [0.3, 0.4) is 0 Å². The van der Waals surface area contributed by atoms with Gasteiger partial charge in [0.2, 0.25) is 0 Å². The number of aliphatic imine (C=N–C) groups is 1. The molecule has 0 fully saturated rings. The number of amidine groups is 1. The van der Waals surface area contributed by atoms with Crippen molar-refractivity contribution in [3.8, 4) is 39.4 Å². The van der Waals surface area contributed by atoms with Gasteiger partial charge in [-0.05, 0) is 90.3 Å². The van der Waals surface area contributed by atoms with Gasteiger partial charge in [0.05, 0.1) is 17.3 Å². The van der Waals surface area contributed by atoms with E-state index in [0.717, 1.165) is 33.5 Å². The van der Waals surface area contributed by atoms with Crippen molar-refractivity contribution >= 4 is 33.1 Å². The highest BCUT2D eigenvalue weighted by molar-refractivity contribution is 6.07. The first-order valence-corrected chi connectivity index (χ1v) is 17.9. The minimum absolute atomic E-state index is 0.101. The van der Waals surface area contributed by atoms with E-state index < -0.39 is 0 Å². The van der Waals surface area contributed by atoms with E-state index in [1.807, 2.05) is 72.8 Å². The van der Waals surface area contributed by atoms with Crippen LogP contribution >= 0.6 is 0 Å². The third-order valence-corrected chi connectivity index (χ3v) is 9.96. The fraction of sp³-hybridized carbons (Fsp3) is 0.0400. The zero-order chi connectivity index (χ0) is 36.1. The average molecular weight is 680 g/mol. The SMILES string of the molecule is CC(/C=C(\N=C(N)c1ccccc1)c1ccccc1)c1ccc(-c2cccc3c(-c4cc(-c5ccc(C#N)cc5)c5ccccc5c4)cccc23)cc1. The van der Waals surface area contributed by atoms with Crippen LogP contribution in [0.25, 0.3) is 60.6 Å². The summed E-state index contributed by atoms with van der Waals surface area (Å²) in [5.41, 5.74) is 18.1. The van der Waals surface area contributed by atoms with Crippen molar-refractivity contribution in [3.05, 3.63) is 210 Å². The molecule has 1 unspecified atom stereocenters. The maximum Gasteiger partial charge on any atom is 0.131 e. The number of nitrogens with zero attached hydrogens (tertiary/aromatic N) is 2. The molecule has 53 heavy (non-hydrogen) atoms. The molecule has 0 saturated heterocycles. The van der Waals surface area contributed by atoms with Crippen LogP contribution in [-0.2, 0) is 0 Å². The van der Waals surface area contributed by atoms with E-state index >= 15 is 0 Å². The van der Waals surface area contributed by atoms with Crippen LogP contribution in [0, 0.1) is 11.3 Å². The molecular formula is C50H37N3. The molecule has 3 heteroatoms. The molecule has 0 bridgehead atoms. The van der Waals surface area contributed by atoms with Crippen molar-refractivity contribution in [1.82, 2.24) is 0 Å². The van der Waals surface area contributed by atoms with Gasteiger partial charge in [-0.3, -0.25) is 0 Å². The highest BCUT2D eigenvalue weighted by Crippen LogP contribution is 2.39. The molecule has 8 rings (SSSR count). The van der Waals surface area contributed by atoms with Crippen LogP contribution in [0.15, 0.2) is 193 Å². The monoisotopic (exact) mass is 679 g/mol. The van der Waals surface area contributed by atoms with E-state index in [0.29, 0.717) is 11.4 Å². The predicted octanol–water partition coefficient (Wildman–Crippen LogP) is 12.4. The van der Waals surface area contributed by atoms with E-state index in [2.05, 4.69) is 128 Å². The predicted molar refractivity (Wildman–Crippen MR) is 222 cm³/mol. The highest BCUT2D eigenvalue weighted by Gasteiger charge is 2.14. The molecule has 0 spiro atoms. The first-order valence-electron chi connectivity index (χ1n) is 17.9. The fourth-order valence-corrected chi connectivity index (χ4v) is 7.15. The minimum atomic E-state index is 0.101. The molecule has 3 nitrogen and oxygen atoms in total. The molecule has 0 aliphatic rings. The molecule has 8 aromatic rings. The summed E-state index contributed by atoms with van der Waals surface area (Å²) in [7, 11) is 0. The van der Waals surface area contributed by atoms with Crippen molar-refractivity contribution in [3.63, 3.8) is 0 Å². The molecule has 8 aromatic carbocycles. The van der Waals surface area contributed by atoms with Crippen LogP contribution in [0.5, 0.6) is 0 Å². The molecule has 252 valence electrons. The van der Waals surface area contributed by atoms with Crippen molar-refractivity contribution in [2.45, 2.75) is 12.8 Å². The fourth-order valence-electron chi connectivity index (χ4n) is 7.15. The van der Waals surface area contributed by atoms with Gasteiger partial charge in [-0.15, -0.1) is 0 Å². The number of rotatable bonds is 8. The highest BCUT2D eigenvalue weighted by atomic mass is 14.9. The van der Waals surface area contributed by atoms with E-state index in [4.69, 9.17) is 10.7 Å². The lowest BCUT2D eigenvalue weighted by Gasteiger charge is -2.15. The zero-order valence-corrected chi connectivity index (χ0v) is 29.4. The standard InChI is InChI=1S/C50H37N3/c1-34(30-49(39-12-4-2-5-13-39)53-50(52)40-14-6-3-7-15-40)36-26-28-37(29-27-36)43-18-10-21-47-45(19-11-20-46(43)47)42-31-41-16-8-9-17-44(41)48(32-42)38-24-22-35(33-51)23-25-38/h2-32,34H,1H3,(H2,52,53)/b49-30-. The Balaban J connectivity index is 1.15. The number of nitriles is 1. The van der Waals surface area contributed by atoms with Gasteiger partial charge in [0.1, 0.15) is 5.84 Å². The van der Waals surface area contributed by atoms with Crippen molar-refractivity contribution in [1.29, 1.82) is 5.26 Å². The smallest absolute Gasteiger partial charge is 0.131 e.